The number of rotatable bonds is 6. The SMILES string of the molecule is CC(C)CC(=O)C1=C(O)C(=O)N(CCN)C1c1ccc(Cl)cc1. The third kappa shape index (κ3) is 3.57. The van der Waals surface area contributed by atoms with Gasteiger partial charge in [-0.3, -0.25) is 9.59 Å². The van der Waals surface area contributed by atoms with Gasteiger partial charge in [0.1, 0.15) is 0 Å². The molecule has 0 bridgehead atoms. The van der Waals surface area contributed by atoms with Crippen molar-refractivity contribution in [3.8, 4) is 0 Å². The summed E-state index contributed by atoms with van der Waals surface area (Å²) >= 11 is 5.91. The van der Waals surface area contributed by atoms with Crippen molar-refractivity contribution in [2.24, 2.45) is 11.7 Å². The molecule has 1 aromatic carbocycles. The second-order valence-corrected chi connectivity index (χ2v) is 6.46. The van der Waals surface area contributed by atoms with Crippen LogP contribution in [0.1, 0.15) is 31.9 Å². The maximum absolute atomic E-state index is 12.6. The number of benzene rings is 1. The zero-order valence-corrected chi connectivity index (χ0v) is 14.0. The smallest absolute Gasteiger partial charge is 0.290 e. The van der Waals surface area contributed by atoms with Crippen molar-refractivity contribution < 1.29 is 14.7 Å². The molecule has 124 valence electrons. The van der Waals surface area contributed by atoms with E-state index in [1.165, 1.54) is 4.90 Å². The average Bonchev–Trinajstić information content (AvgIpc) is 2.73. The molecule has 0 saturated carbocycles. The van der Waals surface area contributed by atoms with Gasteiger partial charge < -0.3 is 15.7 Å². The molecule has 1 aliphatic rings. The van der Waals surface area contributed by atoms with Crippen molar-refractivity contribution in [2.45, 2.75) is 26.3 Å². The van der Waals surface area contributed by atoms with Crippen LogP contribution < -0.4 is 5.73 Å². The number of nitrogens with zero attached hydrogens (tertiary/aromatic N) is 1. The van der Waals surface area contributed by atoms with Gasteiger partial charge in [-0.25, -0.2) is 0 Å². The number of aliphatic hydroxyl groups is 1. The first kappa shape index (κ1) is 17.5. The van der Waals surface area contributed by atoms with E-state index in [2.05, 4.69) is 0 Å². The molecule has 1 aliphatic heterocycles. The molecule has 5 nitrogen and oxygen atoms in total. The van der Waals surface area contributed by atoms with E-state index in [1.54, 1.807) is 24.3 Å². The topological polar surface area (TPSA) is 83.6 Å². The third-order valence-electron chi connectivity index (χ3n) is 3.75. The van der Waals surface area contributed by atoms with Crippen LogP contribution in [-0.2, 0) is 9.59 Å². The number of carbonyl (C=O) groups excluding carboxylic acids is 2. The van der Waals surface area contributed by atoms with Gasteiger partial charge in [-0.1, -0.05) is 37.6 Å². The minimum atomic E-state index is -0.616. The number of ketones is 1. The van der Waals surface area contributed by atoms with E-state index >= 15 is 0 Å². The minimum Gasteiger partial charge on any atom is -0.503 e. The molecule has 2 rings (SSSR count). The molecule has 0 aliphatic carbocycles. The van der Waals surface area contributed by atoms with E-state index in [4.69, 9.17) is 17.3 Å². The summed E-state index contributed by atoms with van der Waals surface area (Å²) in [6.07, 6.45) is 0.271. The predicted octanol–water partition coefficient (Wildman–Crippen LogP) is 2.61. The molecule has 0 fully saturated rings. The average molecular weight is 337 g/mol. The summed E-state index contributed by atoms with van der Waals surface area (Å²) in [5.74, 6) is -1.11. The molecule has 1 aromatic rings. The van der Waals surface area contributed by atoms with Gasteiger partial charge in [0.05, 0.1) is 11.6 Å². The van der Waals surface area contributed by atoms with Gasteiger partial charge in [-0.15, -0.1) is 0 Å². The van der Waals surface area contributed by atoms with Gasteiger partial charge in [-0.05, 0) is 23.6 Å². The van der Waals surface area contributed by atoms with Crippen LogP contribution in [0.15, 0.2) is 35.6 Å². The Kier molecular flexibility index (Phi) is 5.44. The van der Waals surface area contributed by atoms with Crippen LogP contribution in [0.2, 0.25) is 5.02 Å². The maximum Gasteiger partial charge on any atom is 0.290 e. The Labute approximate surface area is 140 Å². The van der Waals surface area contributed by atoms with Crippen molar-refractivity contribution in [3.63, 3.8) is 0 Å². The zero-order chi connectivity index (χ0) is 17.1. The molecule has 1 amide bonds. The summed E-state index contributed by atoms with van der Waals surface area (Å²) in [4.78, 5) is 26.3. The Morgan fingerprint density at radius 2 is 1.96 bits per heavy atom. The molecule has 0 radical (unpaired) electrons. The lowest BCUT2D eigenvalue weighted by molar-refractivity contribution is -0.129. The molecule has 3 N–H and O–H groups in total. The maximum atomic E-state index is 12.6. The largest absolute Gasteiger partial charge is 0.503 e. The lowest BCUT2D eigenvalue weighted by atomic mass is 9.92. The van der Waals surface area contributed by atoms with Crippen LogP contribution in [0, 0.1) is 5.92 Å². The number of nitrogens with two attached hydrogens (primary N) is 1. The first-order valence-electron chi connectivity index (χ1n) is 7.59. The summed E-state index contributed by atoms with van der Waals surface area (Å²) in [5, 5.41) is 10.8. The first-order chi connectivity index (χ1) is 10.9. The highest BCUT2D eigenvalue weighted by Crippen LogP contribution is 2.38. The monoisotopic (exact) mass is 336 g/mol. The number of amides is 1. The minimum absolute atomic E-state index is 0.132. The van der Waals surface area contributed by atoms with Crippen LogP contribution in [-0.4, -0.2) is 34.8 Å². The molecule has 1 atom stereocenters. The van der Waals surface area contributed by atoms with Gasteiger partial charge in [-0.2, -0.15) is 0 Å². The lowest BCUT2D eigenvalue weighted by Crippen LogP contribution is -2.35. The number of hydrogen-bond acceptors (Lipinski definition) is 4. The van der Waals surface area contributed by atoms with Crippen LogP contribution >= 0.6 is 11.6 Å². The Morgan fingerprint density at radius 3 is 2.48 bits per heavy atom. The van der Waals surface area contributed by atoms with Gasteiger partial charge >= 0.3 is 0 Å². The highest BCUT2D eigenvalue weighted by molar-refractivity contribution is 6.30. The fourth-order valence-electron chi connectivity index (χ4n) is 2.78. The van der Waals surface area contributed by atoms with Gasteiger partial charge in [0.2, 0.25) is 0 Å². The van der Waals surface area contributed by atoms with Crippen molar-refractivity contribution in [2.75, 3.05) is 13.1 Å². The summed E-state index contributed by atoms with van der Waals surface area (Å²) in [6, 6.07) is 6.29. The van der Waals surface area contributed by atoms with Crippen molar-refractivity contribution in [3.05, 3.63) is 46.2 Å². The molecule has 23 heavy (non-hydrogen) atoms. The predicted molar refractivity (Wildman–Crippen MR) is 89.1 cm³/mol. The first-order valence-corrected chi connectivity index (χ1v) is 7.97. The van der Waals surface area contributed by atoms with E-state index in [0.717, 1.165) is 5.56 Å². The number of Topliss-reactive ketones (excluding diaryl/α,β-unsaturated/α-hetero) is 1. The normalized spacial score (nSPS) is 18.2. The fraction of sp³-hybridized carbons (Fsp3) is 0.412. The van der Waals surface area contributed by atoms with E-state index in [1.807, 2.05) is 13.8 Å². The Bertz CT molecular complexity index is 638. The quantitative estimate of drug-likeness (QED) is 0.836. The van der Waals surface area contributed by atoms with E-state index in [-0.39, 0.29) is 36.8 Å². The summed E-state index contributed by atoms with van der Waals surface area (Å²) < 4.78 is 0. The number of halogens is 1. The molecule has 0 spiro atoms. The van der Waals surface area contributed by atoms with Crippen molar-refractivity contribution >= 4 is 23.3 Å². The molecule has 0 aromatic heterocycles. The molecule has 0 saturated heterocycles. The molecular formula is C17H21ClN2O3. The van der Waals surface area contributed by atoms with Crippen molar-refractivity contribution in [1.82, 2.24) is 4.90 Å². The second kappa shape index (κ2) is 7.15. The number of carbonyl (C=O) groups is 2. The number of hydrogen-bond donors (Lipinski definition) is 2. The highest BCUT2D eigenvalue weighted by Gasteiger charge is 2.42. The Morgan fingerprint density at radius 1 is 1.35 bits per heavy atom. The molecule has 1 unspecified atom stereocenters. The van der Waals surface area contributed by atoms with E-state index in [0.29, 0.717) is 5.02 Å². The van der Waals surface area contributed by atoms with Gasteiger partial charge in [0.15, 0.2) is 11.5 Å². The highest BCUT2D eigenvalue weighted by atomic mass is 35.5. The second-order valence-electron chi connectivity index (χ2n) is 6.02. The number of aliphatic hydroxyl groups excluding tert-OH is 1. The van der Waals surface area contributed by atoms with Gasteiger partial charge in [0.25, 0.3) is 5.91 Å². The van der Waals surface area contributed by atoms with Crippen LogP contribution in [0.3, 0.4) is 0 Å². The van der Waals surface area contributed by atoms with Crippen molar-refractivity contribution in [1.29, 1.82) is 0 Å². The summed E-state index contributed by atoms with van der Waals surface area (Å²) in [5.41, 5.74) is 6.46. The third-order valence-corrected chi connectivity index (χ3v) is 4.01. The summed E-state index contributed by atoms with van der Waals surface area (Å²) in [7, 11) is 0. The van der Waals surface area contributed by atoms with E-state index < -0.39 is 17.7 Å². The molecular weight excluding hydrogens is 316 g/mol. The van der Waals surface area contributed by atoms with Crippen LogP contribution in [0.25, 0.3) is 0 Å². The standard InChI is InChI=1S/C17H21ClN2O3/c1-10(2)9-13(21)14-15(11-3-5-12(18)6-4-11)20(8-7-19)17(23)16(14)22/h3-6,10,15,22H,7-9,19H2,1-2H3. The van der Waals surface area contributed by atoms with Gasteiger partial charge in [0, 0.05) is 24.5 Å². The lowest BCUT2D eigenvalue weighted by Gasteiger charge is -2.26. The Balaban J connectivity index is 2.48. The fourth-order valence-corrected chi connectivity index (χ4v) is 2.91. The zero-order valence-electron chi connectivity index (χ0n) is 13.3. The molecule has 1 heterocycles. The summed E-state index contributed by atoms with van der Waals surface area (Å²) in [6.45, 7) is 4.34. The van der Waals surface area contributed by atoms with Crippen LogP contribution in [0.4, 0.5) is 0 Å². The van der Waals surface area contributed by atoms with E-state index in [9.17, 15) is 14.7 Å². The van der Waals surface area contributed by atoms with Crippen LogP contribution in [0.5, 0.6) is 0 Å². The molecule has 6 heteroatoms. The Hall–Kier alpha value is -1.85.